The van der Waals surface area contributed by atoms with Crippen molar-refractivity contribution in [1.82, 2.24) is 9.55 Å². The van der Waals surface area contributed by atoms with E-state index in [1.165, 1.54) is 16.8 Å². The lowest BCUT2D eigenvalue weighted by Crippen LogP contribution is -2.36. The fourth-order valence-electron chi connectivity index (χ4n) is 2.06. The molecule has 0 spiro atoms. The van der Waals surface area contributed by atoms with E-state index in [0.717, 1.165) is 6.42 Å². The van der Waals surface area contributed by atoms with Gasteiger partial charge in [0.2, 0.25) is 0 Å². The van der Waals surface area contributed by atoms with Gasteiger partial charge in [0.25, 0.3) is 0 Å². The van der Waals surface area contributed by atoms with Crippen LogP contribution in [0.25, 0.3) is 0 Å². The topological polar surface area (TPSA) is 111 Å². The number of nitrogen functional groups attached to an aromatic ring is 1. The van der Waals surface area contributed by atoms with E-state index in [1.807, 2.05) is 0 Å². The molecule has 2 heterocycles. The maximum Gasteiger partial charge on any atom is 0.351 e. The maximum absolute atomic E-state index is 11.7. The third kappa shape index (κ3) is 2.69. The Bertz CT molecular complexity index is 462. The predicted octanol–water partition coefficient (Wildman–Crippen LogP) is -0.754. The summed E-state index contributed by atoms with van der Waals surface area (Å²) in [5.74, 6) is 0.123. The van der Waals surface area contributed by atoms with E-state index in [-0.39, 0.29) is 18.5 Å². The standard InChI is InChI=1S/C11H17N3O4/c12-9-4-5-14(11(17)13-9)10-8(16)3-1-2-7(6-15)18-10/h4-5,7-8,10,15-16H,1-3,6H2,(H2,12,13,17)/t7-,8+,10+/m0/s1. The highest BCUT2D eigenvalue weighted by atomic mass is 16.5. The Hall–Kier alpha value is -1.44. The zero-order chi connectivity index (χ0) is 13.1. The average molecular weight is 255 g/mol. The van der Waals surface area contributed by atoms with Gasteiger partial charge in [-0.3, -0.25) is 4.57 Å². The number of hydrogen-bond donors (Lipinski definition) is 3. The lowest BCUT2D eigenvalue weighted by atomic mass is 10.1. The lowest BCUT2D eigenvalue weighted by molar-refractivity contribution is -0.120. The molecule has 4 N–H and O–H groups in total. The zero-order valence-corrected chi connectivity index (χ0v) is 9.90. The third-order valence-corrected chi connectivity index (χ3v) is 3.02. The summed E-state index contributed by atoms with van der Waals surface area (Å²) in [6.07, 6.45) is 1.34. The molecule has 3 atom stereocenters. The van der Waals surface area contributed by atoms with Crippen LogP contribution in [0, 0.1) is 0 Å². The van der Waals surface area contributed by atoms with Crippen LogP contribution in [-0.4, -0.2) is 38.6 Å². The molecule has 0 amide bonds. The van der Waals surface area contributed by atoms with Crippen molar-refractivity contribution < 1.29 is 14.9 Å². The van der Waals surface area contributed by atoms with Crippen LogP contribution in [0.15, 0.2) is 17.1 Å². The van der Waals surface area contributed by atoms with E-state index in [2.05, 4.69) is 4.98 Å². The first-order valence-corrected chi connectivity index (χ1v) is 5.91. The van der Waals surface area contributed by atoms with Crippen LogP contribution in [0.4, 0.5) is 5.82 Å². The van der Waals surface area contributed by atoms with Crippen LogP contribution >= 0.6 is 0 Å². The van der Waals surface area contributed by atoms with Crippen molar-refractivity contribution in [3.05, 3.63) is 22.7 Å². The number of aromatic nitrogens is 2. The van der Waals surface area contributed by atoms with Crippen LogP contribution in [0.3, 0.4) is 0 Å². The second-order valence-electron chi connectivity index (χ2n) is 4.37. The number of rotatable bonds is 2. The van der Waals surface area contributed by atoms with Gasteiger partial charge in [0.15, 0.2) is 6.23 Å². The van der Waals surface area contributed by atoms with Crippen molar-refractivity contribution in [1.29, 1.82) is 0 Å². The Morgan fingerprint density at radius 3 is 3.00 bits per heavy atom. The minimum absolute atomic E-state index is 0.123. The molecule has 7 heteroatoms. The number of aliphatic hydroxyl groups excluding tert-OH is 2. The molecule has 18 heavy (non-hydrogen) atoms. The third-order valence-electron chi connectivity index (χ3n) is 3.02. The number of aliphatic hydroxyl groups is 2. The molecule has 1 aliphatic rings. The van der Waals surface area contributed by atoms with Gasteiger partial charge in [-0.25, -0.2) is 4.79 Å². The number of nitrogens with two attached hydrogens (primary N) is 1. The fourth-order valence-corrected chi connectivity index (χ4v) is 2.06. The highest BCUT2D eigenvalue weighted by Crippen LogP contribution is 2.25. The lowest BCUT2D eigenvalue weighted by Gasteiger charge is -2.25. The number of nitrogens with zero attached hydrogens (tertiary/aromatic N) is 2. The Labute approximate surface area is 104 Å². The van der Waals surface area contributed by atoms with E-state index < -0.39 is 18.0 Å². The molecule has 0 aliphatic carbocycles. The van der Waals surface area contributed by atoms with Gasteiger partial charge in [-0.05, 0) is 25.3 Å². The molecule has 0 radical (unpaired) electrons. The van der Waals surface area contributed by atoms with E-state index in [4.69, 9.17) is 15.6 Å². The highest BCUT2D eigenvalue weighted by molar-refractivity contribution is 5.23. The maximum atomic E-state index is 11.7. The molecular weight excluding hydrogens is 238 g/mol. The molecule has 7 nitrogen and oxygen atoms in total. The van der Waals surface area contributed by atoms with E-state index in [1.54, 1.807) is 0 Å². The van der Waals surface area contributed by atoms with E-state index >= 15 is 0 Å². The Balaban J connectivity index is 2.30. The summed E-state index contributed by atoms with van der Waals surface area (Å²) in [6.45, 7) is -0.139. The van der Waals surface area contributed by atoms with Gasteiger partial charge in [-0.2, -0.15) is 4.98 Å². The summed E-state index contributed by atoms with van der Waals surface area (Å²) >= 11 is 0. The van der Waals surface area contributed by atoms with Crippen molar-refractivity contribution in [2.24, 2.45) is 0 Å². The van der Waals surface area contributed by atoms with Gasteiger partial charge in [-0.1, -0.05) is 0 Å². The van der Waals surface area contributed by atoms with Crippen LogP contribution in [0.2, 0.25) is 0 Å². The number of ether oxygens (including phenoxy) is 1. The van der Waals surface area contributed by atoms with E-state index in [0.29, 0.717) is 12.8 Å². The van der Waals surface area contributed by atoms with Crippen LogP contribution in [-0.2, 0) is 4.74 Å². The Morgan fingerprint density at radius 2 is 2.33 bits per heavy atom. The second-order valence-corrected chi connectivity index (χ2v) is 4.37. The van der Waals surface area contributed by atoms with Gasteiger partial charge < -0.3 is 20.7 Å². The van der Waals surface area contributed by atoms with Crippen LogP contribution in [0.1, 0.15) is 25.5 Å². The molecule has 0 aromatic carbocycles. The Kier molecular flexibility index (Phi) is 3.95. The van der Waals surface area contributed by atoms with Crippen LogP contribution < -0.4 is 11.4 Å². The monoisotopic (exact) mass is 255 g/mol. The number of anilines is 1. The molecule has 1 fully saturated rings. The largest absolute Gasteiger partial charge is 0.394 e. The molecule has 2 rings (SSSR count). The predicted molar refractivity (Wildman–Crippen MR) is 63.8 cm³/mol. The summed E-state index contributed by atoms with van der Waals surface area (Å²) in [5.41, 5.74) is 4.84. The SMILES string of the molecule is Nc1ccn([C@@H]2O[C@H](CO)CCC[C@H]2O)c(=O)n1. The van der Waals surface area contributed by atoms with Crippen molar-refractivity contribution >= 4 is 5.82 Å². The Morgan fingerprint density at radius 1 is 1.56 bits per heavy atom. The first-order valence-electron chi connectivity index (χ1n) is 5.91. The quantitative estimate of drug-likeness (QED) is 0.641. The molecule has 1 aromatic rings. The highest BCUT2D eigenvalue weighted by Gasteiger charge is 2.29. The summed E-state index contributed by atoms with van der Waals surface area (Å²) < 4.78 is 6.77. The molecule has 100 valence electrons. The second kappa shape index (κ2) is 5.47. The first-order chi connectivity index (χ1) is 8.61. The molecule has 0 saturated carbocycles. The molecular formula is C11H17N3O4. The smallest absolute Gasteiger partial charge is 0.351 e. The zero-order valence-electron chi connectivity index (χ0n) is 9.90. The van der Waals surface area contributed by atoms with Gasteiger partial charge in [-0.15, -0.1) is 0 Å². The fraction of sp³-hybridized carbons (Fsp3) is 0.636. The normalized spacial score (nSPS) is 28.9. The minimum Gasteiger partial charge on any atom is -0.394 e. The van der Waals surface area contributed by atoms with Crippen molar-refractivity contribution in [3.8, 4) is 0 Å². The number of hydrogen-bond acceptors (Lipinski definition) is 6. The summed E-state index contributed by atoms with van der Waals surface area (Å²) in [4.78, 5) is 15.3. The summed E-state index contributed by atoms with van der Waals surface area (Å²) in [7, 11) is 0. The van der Waals surface area contributed by atoms with Crippen molar-refractivity contribution in [2.45, 2.75) is 37.7 Å². The summed E-state index contributed by atoms with van der Waals surface area (Å²) in [6, 6.07) is 1.47. The summed E-state index contributed by atoms with van der Waals surface area (Å²) in [5, 5.41) is 19.1. The molecule has 1 aromatic heterocycles. The van der Waals surface area contributed by atoms with Gasteiger partial charge in [0.1, 0.15) is 5.82 Å². The van der Waals surface area contributed by atoms with E-state index in [9.17, 15) is 9.90 Å². The van der Waals surface area contributed by atoms with Crippen molar-refractivity contribution in [2.75, 3.05) is 12.3 Å². The van der Waals surface area contributed by atoms with Crippen LogP contribution in [0.5, 0.6) is 0 Å². The molecule has 1 aliphatic heterocycles. The van der Waals surface area contributed by atoms with Gasteiger partial charge in [0, 0.05) is 6.20 Å². The molecule has 1 saturated heterocycles. The van der Waals surface area contributed by atoms with Gasteiger partial charge >= 0.3 is 5.69 Å². The van der Waals surface area contributed by atoms with Crippen molar-refractivity contribution in [3.63, 3.8) is 0 Å². The first kappa shape index (κ1) is 13.0. The molecule has 0 bridgehead atoms. The average Bonchev–Trinajstić information content (AvgIpc) is 2.51. The van der Waals surface area contributed by atoms with Gasteiger partial charge in [0.05, 0.1) is 18.8 Å². The minimum atomic E-state index is -0.828. The molecule has 0 unspecified atom stereocenters.